The number of carbonyl (C=O) groups is 2. The van der Waals surface area contributed by atoms with E-state index in [0.717, 1.165) is 22.4 Å². The van der Waals surface area contributed by atoms with Crippen molar-refractivity contribution in [3.63, 3.8) is 0 Å². The molecular formula is C17H22N4O2. The van der Waals surface area contributed by atoms with Crippen LogP contribution in [-0.4, -0.2) is 34.5 Å². The molecule has 1 aromatic carbocycles. The maximum Gasteiger partial charge on any atom is 0.224 e. The molecule has 2 N–H and O–H groups in total. The Bertz CT molecular complexity index is 746. The van der Waals surface area contributed by atoms with Gasteiger partial charge in [0.2, 0.25) is 11.8 Å². The number of fused-ring (bicyclic) bond motifs is 1. The van der Waals surface area contributed by atoms with Gasteiger partial charge in [-0.25, -0.2) is 4.98 Å². The van der Waals surface area contributed by atoms with Gasteiger partial charge < -0.3 is 15.2 Å². The van der Waals surface area contributed by atoms with Crippen LogP contribution in [0.4, 0.5) is 0 Å². The molecule has 0 bridgehead atoms. The molecule has 6 nitrogen and oxygen atoms in total. The lowest BCUT2D eigenvalue weighted by Crippen LogP contribution is -2.34. The Morgan fingerprint density at radius 1 is 1.26 bits per heavy atom. The van der Waals surface area contributed by atoms with Crippen molar-refractivity contribution < 1.29 is 9.59 Å². The fraction of sp³-hybridized carbons (Fsp3) is 0.471. The Hall–Kier alpha value is -2.37. The molecule has 0 aliphatic heterocycles. The first-order chi connectivity index (χ1) is 11.0. The zero-order chi connectivity index (χ0) is 16.4. The highest BCUT2D eigenvalue weighted by Gasteiger charge is 2.28. The monoisotopic (exact) mass is 314 g/mol. The Morgan fingerprint density at radius 2 is 2.00 bits per heavy atom. The van der Waals surface area contributed by atoms with Gasteiger partial charge >= 0.3 is 0 Å². The number of aromatic nitrogens is 2. The molecule has 3 rings (SSSR count). The van der Waals surface area contributed by atoms with Crippen LogP contribution in [0.15, 0.2) is 18.2 Å². The average Bonchev–Trinajstić information content (AvgIpc) is 3.29. The summed E-state index contributed by atoms with van der Waals surface area (Å²) in [5.74, 6) is 1.62. The second-order valence-electron chi connectivity index (χ2n) is 6.14. The van der Waals surface area contributed by atoms with E-state index in [-0.39, 0.29) is 11.8 Å². The van der Waals surface area contributed by atoms with E-state index < -0.39 is 0 Å². The van der Waals surface area contributed by atoms with E-state index in [2.05, 4.69) is 22.2 Å². The number of carbonyl (C=O) groups excluding carboxylic acids is 2. The van der Waals surface area contributed by atoms with Gasteiger partial charge in [0.05, 0.1) is 17.5 Å². The van der Waals surface area contributed by atoms with Gasteiger partial charge in [0.15, 0.2) is 0 Å². The first-order valence-corrected chi connectivity index (χ1v) is 8.01. The van der Waals surface area contributed by atoms with Crippen molar-refractivity contribution in [2.45, 2.75) is 32.1 Å². The summed E-state index contributed by atoms with van der Waals surface area (Å²) in [5, 5.41) is 5.45. The van der Waals surface area contributed by atoms with Gasteiger partial charge in [-0.2, -0.15) is 0 Å². The van der Waals surface area contributed by atoms with E-state index in [1.165, 1.54) is 19.8 Å². The highest BCUT2D eigenvalue weighted by atomic mass is 16.2. The van der Waals surface area contributed by atoms with Crippen LogP contribution < -0.4 is 10.6 Å². The van der Waals surface area contributed by atoms with Crippen LogP contribution in [0.3, 0.4) is 0 Å². The second kappa shape index (κ2) is 6.40. The third-order valence-corrected chi connectivity index (χ3v) is 4.11. The minimum absolute atomic E-state index is 0.0481. The quantitative estimate of drug-likeness (QED) is 0.788. The lowest BCUT2D eigenvalue weighted by atomic mass is 10.1. The summed E-state index contributed by atoms with van der Waals surface area (Å²) in [7, 11) is 2.05. The van der Waals surface area contributed by atoms with Crippen molar-refractivity contribution in [3.05, 3.63) is 29.6 Å². The van der Waals surface area contributed by atoms with Gasteiger partial charge in [-0.15, -0.1) is 0 Å². The Morgan fingerprint density at radius 3 is 2.70 bits per heavy atom. The summed E-state index contributed by atoms with van der Waals surface area (Å²) < 4.78 is 2.16. The zero-order valence-electron chi connectivity index (χ0n) is 13.6. The molecule has 0 unspecified atom stereocenters. The largest absolute Gasteiger partial charge is 0.355 e. The summed E-state index contributed by atoms with van der Waals surface area (Å²) in [6, 6.07) is 6.01. The van der Waals surface area contributed by atoms with Crippen LogP contribution in [0.1, 0.15) is 37.1 Å². The molecular weight excluding hydrogens is 292 g/mol. The molecule has 1 heterocycles. The zero-order valence-corrected chi connectivity index (χ0v) is 13.6. The third-order valence-electron chi connectivity index (χ3n) is 4.11. The van der Waals surface area contributed by atoms with E-state index >= 15 is 0 Å². The molecule has 6 heteroatoms. The molecule has 1 aliphatic carbocycles. The van der Waals surface area contributed by atoms with Crippen molar-refractivity contribution in [2.24, 2.45) is 7.05 Å². The number of amides is 2. The van der Waals surface area contributed by atoms with E-state index in [1.807, 2.05) is 18.2 Å². The average molecular weight is 314 g/mol. The molecule has 1 aromatic heterocycles. The van der Waals surface area contributed by atoms with Crippen LogP contribution in [0, 0.1) is 0 Å². The van der Waals surface area contributed by atoms with Crippen molar-refractivity contribution in [2.75, 3.05) is 13.1 Å². The third kappa shape index (κ3) is 3.70. The van der Waals surface area contributed by atoms with Crippen LogP contribution in [0.25, 0.3) is 11.0 Å². The molecule has 122 valence electrons. The Balaban J connectivity index is 1.61. The number of aryl methyl sites for hydroxylation is 1. The molecule has 0 atom stereocenters. The first-order valence-electron chi connectivity index (χ1n) is 8.01. The van der Waals surface area contributed by atoms with Gasteiger partial charge in [0.25, 0.3) is 0 Å². The molecule has 0 saturated heterocycles. The number of hydrogen-bond donors (Lipinski definition) is 2. The summed E-state index contributed by atoms with van der Waals surface area (Å²) in [4.78, 5) is 27.4. The maximum atomic E-state index is 11.9. The van der Waals surface area contributed by atoms with Gasteiger partial charge in [-0.3, -0.25) is 9.59 Å². The number of nitrogens with one attached hydrogen (secondary N) is 2. The molecule has 2 amide bonds. The smallest absolute Gasteiger partial charge is 0.224 e. The molecule has 0 spiro atoms. The molecule has 23 heavy (non-hydrogen) atoms. The van der Waals surface area contributed by atoms with E-state index in [0.29, 0.717) is 25.4 Å². The molecule has 2 aromatic rings. The maximum absolute atomic E-state index is 11.9. The summed E-state index contributed by atoms with van der Waals surface area (Å²) >= 11 is 0. The number of benzene rings is 1. The topological polar surface area (TPSA) is 76.0 Å². The highest BCUT2D eigenvalue weighted by Crippen LogP contribution is 2.40. The first kappa shape index (κ1) is 15.5. The van der Waals surface area contributed by atoms with Crippen molar-refractivity contribution in [1.82, 2.24) is 20.2 Å². The summed E-state index contributed by atoms with van der Waals surface area (Å²) in [5.41, 5.74) is 3.02. The highest BCUT2D eigenvalue weighted by molar-refractivity contribution is 5.82. The van der Waals surface area contributed by atoms with Crippen LogP contribution >= 0.6 is 0 Å². The van der Waals surface area contributed by atoms with Crippen molar-refractivity contribution >= 4 is 22.8 Å². The summed E-state index contributed by atoms with van der Waals surface area (Å²) in [6.07, 6.45) is 2.77. The van der Waals surface area contributed by atoms with Gasteiger partial charge in [-0.05, 0) is 30.5 Å². The Labute approximate surface area is 135 Å². The number of nitrogens with zero attached hydrogens (tertiary/aromatic N) is 2. The van der Waals surface area contributed by atoms with Gasteiger partial charge in [0, 0.05) is 33.0 Å². The molecule has 0 radical (unpaired) electrons. The van der Waals surface area contributed by atoms with Crippen LogP contribution in [0.2, 0.25) is 0 Å². The minimum atomic E-state index is -0.0914. The van der Waals surface area contributed by atoms with Crippen molar-refractivity contribution in [3.8, 4) is 0 Å². The van der Waals surface area contributed by atoms with E-state index in [9.17, 15) is 9.59 Å². The van der Waals surface area contributed by atoms with Gasteiger partial charge in [-0.1, -0.05) is 6.07 Å². The van der Waals surface area contributed by atoms with E-state index in [1.54, 1.807) is 0 Å². The standard InChI is InChI=1S/C17H22N4O2/c1-11(22)18-7-8-19-16(23)10-12-3-6-15-14(9-12)20-17(21(15)2)13-4-5-13/h3,6,9,13H,4-5,7-8,10H2,1-2H3,(H,18,22)(H,19,23). The number of rotatable bonds is 6. The van der Waals surface area contributed by atoms with Gasteiger partial charge in [0.1, 0.15) is 5.82 Å². The Kier molecular flexibility index (Phi) is 4.32. The molecule has 1 fully saturated rings. The fourth-order valence-electron chi connectivity index (χ4n) is 2.77. The lowest BCUT2D eigenvalue weighted by molar-refractivity contribution is -0.121. The number of hydrogen-bond acceptors (Lipinski definition) is 3. The predicted molar refractivity (Wildman–Crippen MR) is 88.1 cm³/mol. The molecule has 1 saturated carbocycles. The minimum Gasteiger partial charge on any atom is -0.355 e. The fourth-order valence-corrected chi connectivity index (χ4v) is 2.77. The lowest BCUT2D eigenvalue weighted by Gasteiger charge is -2.06. The van der Waals surface area contributed by atoms with E-state index in [4.69, 9.17) is 4.98 Å². The summed E-state index contributed by atoms with van der Waals surface area (Å²) in [6.45, 7) is 2.35. The predicted octanol–water partition coefficient (Wildman–Crippen LogP) is 1.25. The second-order valence-corrected chi connectivity index (χ2v) is 6.14. The molecule has 1 aliphatic rings. The van der Waals surface area contributed by atoms with Crippen LogP contribution in [-0.2, 0) is 23.1 Å². The van der Waals surface area contributed by atoms with Crippen molar-refractivity contribution in [1.29, 1.82) is 0 Å². The number of imidazole rings is 1. The SMILES string of the molecule is CC(=O)NCCNC(=O)Cc1ccc2c(c1)nc(C1CC1)n2C. The normalized spacial score (nSPS) is 14.0. The van der Waals surface area contributed by atoms with Crippen LogP contribution in [0.5, 0.6) is 0 Å².